The molecule has 5 nitrogen and oxygen atoms in total. The molecule has 3 aromatic rings. The zero-order valence-electron chi connectivity index (χ0n) is 15.6. The van der Waals surface area contributed by atoms with E-state index in [1.54, 1.807) is 0 Å². The van der Waals surface area contributed by atoms with E-state index in [9.17, 15) is 4.79 Å². The van der Waals surface area contributed by atoms with E-state index in [4.69, 9.17) is 0 Å². The highest BCUT2D eigenvalue weighted by molar-refractivity contribution is 5.77. The van der Waals surface area contributed by atoms with Crippen molar-refractivity contribution >= 4 is 16.9 Å². The Labute approximate surface area is 160 Å². The summed E-state index contributed by atoms with van der Waals surface area (Å²) in [6.45, 7) is 4.56. The lowest BCUT2D eigenvalue weighted by Gasteiger charge is -2.28. The summed E-state index contributed by atoms with van der Waals surface area (Å²) in [5, 5.41) is 3.05. The third-order valence-electron chi connectivity index (χ3n) is 5.29. The SMILES string of the molecule is O=C(CCn1cnc2ccccc21)NCCCN1CCc2ccccc2C1. The predicted molar refractivity (Wildman–Crippen MR) is 107 cm³/mol. The summed E-state index contributed by atoms with van der Waals surface area (Å²) in [5.74, 6) is 0.108. The van der Waals surface area contributed by atoms with Crippen molar-refractivity contribution in [2.75, 3.05) is 19.6 Å². The standard InChI is InChI=1S/C22H26N4O/c27-22(11-15-26-17-24-20-8-3-4-9-21(20)26)23-12-5-13-25-14-10-18-6-1-2-7-19(18)16-25/h1-4,6-9,17H,5,10-16H2,(H,23,27). The molecule has 140 valence electrons. The number of hydrogen-bond donors (Lipinski definition) is 1. The van der Waals surface area contributed by atoms with E-state index in [1.807, 2.05) is 35.2 Å². The van der Waals surface area contributed by atoms with Gasteiger partial charge in [-0.25, -0.2) is 4.98 Å². The Morgan fingerprint density at radius 1 is 1.04 bits per heavy atom. The minimum Gasteiger partial charge on any atom is -0.356 e. The summed E-state index contributed by atoms with van der Waals surface area (Å²) in [6, 6.07) is 16.7. The average Bonchev–Trinajstić information content (AvgIpc) is 3.13. The van der Waals surface area contributed by atoms with Crippen LogP contribution in [0.2, 0.25) is 0 Å². The van der Waals surface area contributed by atoms with E-state index in [1.165, 1.54) is 11.1 Å². The van der Waals surface area contributed by atoms with Crippen LogP contribution in [0.1, 0.15) is 24.0 Å². The van der Waals surface area contributed by atoms with Gasteiger partial charge < -0.3 is 9.88 Å². The lowest BCUT2D eigenvalue weighted by atomic mass is 10.00. The number of fused-ring (bicyclic) bond motifs is 2. The molecule has 0 spiro atoms. The molecule has 27 heavy (non-hydrogen) atoms. The Bertz CT molecular complexity index is 917. The Hall–Kier alpha value is -2.66. The first-order valence-electron chi connectivity index (χ1n) is 9.75. The van der Waals surface area contributed by atoms with Crippen molar-refractivity contribution in [1.29, 1.82) is 0 Å². The molecular weight excluding hydrogens is 336 g/mol. The van der Waals surface area contributed by atoms with Gasteiger partial charge in [-0.05, 0) is 36.1 Å². The first-order valence-corrected chi connectivity index (χ1v) is 9.75. The Morgan fingerprint density at radius 3 is 2.78 bits per heavy atom. The normalized spacial score (nSPS) is 14.2. The molecule has 0 atom stereocenters. The zero-order valence-corrected chi connectivity index (χ0v) is 15.6. The van der Waals surface area contributed by atoms with Crippen LogP contribution in [0.15, 0.2) is 54.9 Å². The number of nitrogens with one attached hydrogen (secondary N) is 1. The summed E-state index contributed by atoms with van der Waals surface area (Å²) >= 11 is 0. The minimum atomic E-state index is 0.108. The first kappa shape index (κ1) is 17.7. The van der Waals surface area contributed by atoms with E-state index >= 15 is 0 Å². The second-order valence-corrected chi connectivity index (χ2v) is 7.18. The van der Waals surface area contributed by atoms with Crippen LogP contribution in [-0.2, 0) is 24.3 Å². The number of hydrogen-bond acceptors (Lipinski definition) is 3. The summed E-state index contributed by atoms with van der Waals surface area (Å²) in [5.41, 5.74) is 4.98. The van der Waals surface area contributed by atoms with Crippen LogP contribution < -0.4 is 5.32 Å². The molecule has 0 saturated carbocycles. The van der Waals surface area contributed by atoms with Crippen LogP contribution in [0, 0.1) is 0 Å². The number of aryl methyl sites for hydroxylation is 1. The smallest absolute Gasteiger partial charge is 0.221 e. The number of amides is 1. The topological polar surface area (TPSA) is 50.2 Å². The lowest BCUT2D eigenvalue weighted by molar-refractivity contribution is -0.121. The third kappa shape index (κ3) is 4.37. The van der Waals surface area contributed by atoms with E-state index in [0.717, 1.165) is 50.1 Å². The third-order valence-corrected chi connectivity index (χ3v) is 5.29. The van der Waals surface area contributed by atoms with E-state index in [0.29, 0.717) is 13.0 Å². The molecule has 1 aliphatic heterocycles. The second kappa shape index (κ2) is 8.35. The molecule has 0 aliphatic carbocycles. The monoisotopic (exact) mass is 362 g/mol. The van der Waals surface area contributed by atoms with Gasteiger partial charge in [0.15, 0.2) is 0 Å². The maximum absolute atomic E-state index is 12.1. The molecule has 1 N–H and O–H groups in total. The van der Waals surface area contributed by atoms with E-state index in [-0.39, 0.29) is 5.91 Å². The molecule has 0 bridgehead atoms. The fourth-order valence-electron chi connectivity index (χ4n) is 3.77. The predicted octanol–water partition coefficient (Wildman–Crippen LogP) is 2.99. The number of aromatic nitrogens is 2. The molecule has 0 radical (unpaired) electrons. The quantitative estimate of drug-likeness (QED) is 0.658. The molecule has 1 amide bonds. The van der Waals surface area contributed by atoms with Crippen LogP contribution in [0.5, 0.6) is 0 Å². The van der Waals surface area contributed by atoms with Crippen LogP contribution >= 0.6 is 0 Å². The van der Waals surface area contributed by atoms with Crippen molar-refractivity contribution < 1.29 is 4.79 Å². The fourth-order valence-corrected chi connectivity index (χ4v) is 3.77. The number of para-hydroxylation sites is 2. The molecule has 0 saturated heterocycles. The van der Waals surface area contributed by atoms with Gasteiger partial charge in [-0.2, -0.15) is 0 Å². The molecule has 5 heteroatoms. The Kier molecular flexibility index (Phi) is 5.49. The van der Waals surface area contributed by atoms with Gasteiger partial charge in [0, 0.05) is 39.1 Å². The first-order chi connectivity index (χ1) is 13.3. The molecule has 1 aromatic heterocycles. The molecule has 2 aromatic carbocycles. The highest BCUT2D eigenvalue weighted by Gasteiger charge is 2.15. The van der Waals surface area contributed by atoms with Crippen LogP contribution in [0.4, 0.5) is 0 Å². The van der Waals surface area contributed by atoms with Crippen molar-refractivity contribution in [3.63, 3.8) is 0 Å². The van der Waals surface area contributed by atoms with Gasteiger partial charge in [0.25, 0.3) is 0 Å². The van der Waals surface area contributed by atoms with Gasteiger partial charge in [0.2, 0.25) is 5.91 Å². The number of carbonyl (C=O) groups excluding carboxylic acids is 1. The van der Waals surface area contributed by atoms with Gasteiger partial charge >= 0.3 is 0 Å². The van der Waals surface area contributed by atoms with Crippen molar-refractivity contribution in [3.8, 4) is 0 Å². The largest absolute Gasteiger partial charge is 0.356 e. The molecule has 2 heterocycles. The summed E-state index contributed by atoms with van der Waals surface area (Å²) in [4.78, 5) is 19.0. The highest BCUT2D eigenvalue weighted by Crippen LogP contribution is 2.18. The van der Waals surface area contributed by atoms with Gasteiger partial charge in [-0.15, -0.1) is 0 Å². The van der Waals surface area contributed by atoms with E-state index in [2.05, 4.69) is 39.5 Å². The summed E-state index contributed by atoms with van der Waals surface area (Å²) < 4.78 is 2.04. The van der Waals surface area contributed by atoms with Gasteiger partial charge in [0.05, 0.1) is 17.4 Å². The van der Waals surface area contributed by atoms with Gasteiger partial charge in [-0.3, -0.25) is 9.69 Å². The number of nitrogens with zero attached hydrogens (tertiary/aromatic N) is 3. The lowest BCUT2D eigenvalue weighted by Crippen LogP contribution is -2.33. The maximum atomic E-state index is 12.1. The van der Waals surface area contributed by atoms with Crippen molar-refractivity contribution in [2.45, 2.75) is 32.4 Å². The van der Waals surface area contributed by atoms with Crippen LogP contribution in [0.3, 0.4) is 0 Å². The van der Waals surface area contributed by atoms with Crippen LogP contribution in [-0.4, -0.2) is 40.0 Å². The van der Waals surface area contributed by atoms with E-state index < -0.39 is 0 Å². The average molecular weight is 362 g/mol. The Morgan fingerprint density at radius 2 is 1.85 bits per heavy atom. The number of carbonyl (C=O) groups is 1. The van der Waals surface area contributed by atoms with Gasteiger partial charge in [0.1, 0.15) is 0 Å². The fraction of sp³-hybridized carbons (Fsp3) is 0.364. The van der Waals surface area contributed by atoms with Crippen molar-refractivity contribution in [2.24, 2.45) is 0 Å². The highest BCUT2D eigenvalue weighted by atomic mass is 16.1. The van der Waals surface area contributed by atoms with Crippen molar-refractivity contribution in [3.05, 3.63) is 66.0 Å². The maximum Gasteiger partial charge on any atom is 0.221 e. The van der Waals surface area contributed by atoms with Crippen molar-refractivity contribution in [1.82, 2.24) is 19.8 Å². The van der Waals surface area contributed by atoms with Crippen LogP contribution in [0.25, 0.3) is 11.0 Å². The number of rotatable bonds is 7. The number of benzene rings is 2. The second-order valence-electron chi connectivity index (χ2n) is 7.18. The zero-order chi connectivity index (χ0) is 18.5. The molecule has 4 rings (SSSR count). The molecule has 1 aliphatic rings. The number of imidazole rings is 1. The molecule has 0 fully saturated rings. The van der Waals surface area contributed by atoms with Gasteiger partial charge in [-0.1, -0.05) is 36.4 Å². The Balaban J connectivity index is 1.16. The summed E-state index contributed by atoms with van der Waals surface area (Å²) in [7, 11) is 0. The minimum absolute atomic E-state index is 0.108. The summed E-state index contributed by atoms with van der Waals surface area (Å²) in [6.07, 6.45) is 4.41. The molecule has 0 unspecified atom stereocenters. The molecular formula is C22H26N4O.